The Morgan fingerprint density at radius 1 is 0.882 bits per heavy atom. The van der Waals surface area contributed by atoms with E-state index in [0.29, 0.717) is 30.2 Å². The van der Waals surface area contributed by atoms with Crippen LogP contribution in [0.3, 0.4) is 0 Å². The van der Waals surface area contributed by atoms with Gasteiger partial charge in [0.1, 0.15) is 23.7 Å². The Labute approximate surface area is 197 Å². The highest BCUT2D eigenvalue weighted by Crippen LogP contribution is 2.24. The zero-order valence-electron chi connectivity index (χ0n) is 18.9. The largest absolute Gasteiger partial charge is 0.494 e. The number of carbonyl (C=O) groups is 3. The molecule has 0 bridgehead atoms. The molecule has 1 heterocycles. The summed E-state index contributed by atoms with van der Waals surface area (Å²) >= 11 is 0. The maximum Gasteiger partial charge on any atom is 0.335 e. The van der Waals surface area contributed by atoms with E-state index < -0.39 is 17.8 Å². The summed E-state index contributed by atoms with van der Waals surface area (Å²) in [4.78, 5) is 38.8. The minimum absolute atomic E-state index is 0.128. The Morgan fingerprint density at radius 2 is 1.62 bits per heavy atom. The highest BCUT2D eigenvalue weighted by atomic mass is 16.5. The quantitative estimate of drug-likeness (QED) is 0.414. The lowest BCUT2D eigenvalue weighted by molar-refractivity contribution is -0.122. The molecule has 1 fully saturated rings. The third kappa shape index (κ3) is 5.15. The first kappa shape index (κ1) is 22.8. The Morgan fingerprint density at radius 3 is 2.29 bits per heavy atom. The summed E-state index contributed by atoms with van der Waals surface area (Å²) < 4.78 is 11.2. The smallest absolute Gasteiger partial charge is 0.335 e. The van der Waals surface area contributed by atoms with Crippen LogP contribution in [0.1, 0.15) is 23.6 Å². The number of amides is 4. The fourth-order valence-corrected chi connectivity index (χ4v) is 3.50. The summed E-state index contributed by atoms with van der Waals surface area (Å²) in [7, 11) is 0. The van der Waals surface area contributed by atoms with E-state index in [9.17, 15) is 14.4 Å². The van der Waals surface area contributed by atoms with Crippen molar-refractivity contribution in [2.75, 3.05) is 11.5 Å². The van der Waals surface area contributed by atoms with E-state index in [0.717, 1.165) is 21.8 Å². The number of rotatable bonds is 7. The van der Waals surface area contributed by atoms with Crippen molar-refractivity contribution < 1.29 is 23.9 Å². The van der Waals surface area contributed by atoms with E-state index in [1.165, 1.54) is 6.08 Å². The lowest BCUT2D eigenvalue weighted by atomic mass is 10.1. The summed E-state index contributed by atoms with van der Waals surface area (Å²) in [5, 5.41) is 2.23. The van der Waals surface area contributed by atoms with Gasteiger partial charge in [0.05, 0.1) is 12.3 Å². The molecule has 0 aromatic heterocycles. The average Bonchev–Trinajstić information content (AvgIpc) is 2.82. The number of carbonyl (C=O) groups excluding carboxylic acids is 3. The molecule has 4 rings (SSSR count). The van der Waals surface area contributed by atoms with Crippen LogP contribution in [-0.2, 0) is 16.2 Å². The van der Waals surface area contributed by atoms with Crippen molar-refractivity contribution in [3.05, 3.63) is 95.1 Å². The SMILES string of the molecule is CCOc1ccc(N2C(=O)NC(=O)/C(=C\c3ccc(COc4cccc(C)c4)cc3)C2=O)cc1. The molecule has 7 heteroatoms. The van der Waals surface area contributed by atoms with Gasteiger partial charge in [0.2, 0.25) is 0 Å². The van der Waals surface area contributed by atoms with Gasteiger partial charge in [-0.25, -0.2) is 9.69 Å². The molecule has 7 nitrogen and oxygen atoms in total. The highest BCUT2D eigenvalue weighted by molar-refractivity contribution is 6.39. The lowest BCUT2D eigenvalue weighted by Crippen LogP contribution is -2.54. The summed E-state index contributed by atoms with van der Waals surface area (Å²) in [6.07, 6.45) is 1.47. The van der Waals surface area contributed by atoms with Crippen LogP contribution in [0.15, 0.2) is 78.4 Å². The first-order valence-electron chi connectivity index (χ1n) is 10.9. The molecule has 1 saturated heterocycles. The fraction of sp³-hybridized carbons (Fsp3) is 0.148. The predicted octanol–water partition coefficient (Wildman–Crippen LogP) is 4.64. The van der Waals surface area contributed by atoms with Crippen molar-refractivity contribution in [1.82, 2.24) is 5.32 Å². The molecule has 1 aliphatic rings. The topological polar surface area (TPSA) is 84.9 Å². The molecule has 1 aliphatic heterocycles. The number of urea groups is 1. The molecule has 0 unspecified atom stereocenters. The van der Waals surface area contributed by atoms with Gasteiger partial charge in [-0.05, 0) is 73.0 Å². The lowest BCUT2D eigenvalue weighted by Gasteiger charge is -2.26. The third-order valence-corrected chi connectivity index (χ3v) is 5.19. The van der Waals surface area contributed by atoms with Crippen LogP contribution in [0.2, 0.25) is 0 Å². The van der Waals surface area contributed by atoms with Crippen LogP contribution in [0.4, 0.5) is 10.5 Å². The van der Waals surface area contributed by atoms with Gasteiger partial charge in [-0.2, -0.15) is 0 Å². The Hall–Kier alpha value is -4.39. The number of anilines is 1. The van der Waals surface area contributed by atoms with E-state index in [1.807, 2.05) is 50.2 Å². The molecule has 3 aromatic rings. The van der Waals surface area contributed by atoms with Gasteiger partial charge >= 0.3 is 6.03 Å². The van der Waals surface area contributed by atoms with Gasteiger partial charge in [0.15, 0.2) is 0 Å². The number of imide groups is 2. The predicted molar refractivity (Wildman–Crippen MR) is 129 cm³/mol. The zero-order chi connectivity index (χ0) is 24.1. The number of nitrogens with one attached hydrogen (secondary N) is 1. The molecule has 1 N–H and O–H groups in total. The molecular weight excluding hydrogens is 432 g/mol. The number of aryl methyl sites for hydroxylation is 1. The highest BCUT2D eigenvalue weighted by Gasteiger charge is 2.36. The van der Waals surface area contributed by atoms with Gasteiger partial charge < -0.3 is 9.47 Å². The number of benzene rings is 3. The van der Waals surface area contributed by atoms with Crippen molar-refractivity contribution >= 4 is 29.6 Å². The van der Waals surface area contributed by atoms with Gasteiger partial charge in [0.25, 0.3) is 11.8 Å². The van der Waals surface area contributed by atoms with Gasteiger partial charge in [-0.1, -0.05) is 36.4 Å². The van der Waals surface area contributed by atoms with Crippen LogP contribution in [-0.4, -0.2) is 24.5 Å². The van der Waals surface area contributed by atoms with Crippen molar-refractivity contribution in [1.29, 1.82) is 0 Å². The summed E-state index contributed by atoms with van der Waals surface area (Å²) in [6, 6.07) is 20.8. The van der Waals surface area contributed by atoms with Crippen LogP contribution in [0.5, 0.6) is 11.5 Å². The first-order valence-corrected chi connectivity index (χ1v) is 10.9. The molecule has 172 valence electrons. The maximum absolute atomic E-state index is 13.0. The molecule has 0 saturated carbocycles. The van der Waals surface area contributed by atoms with Crippen molar-refractivity contribution in [3.63, 3.8) is 0 Å². The van der Waals surface area contributed by atoms with E-state index in [2.05, 4.69) is 5.32 Å². The van der Waals surface area contributed by atoms with E-state index in [-0.39, 0.29) is 5.57 Å². The second-order valence-electron chi connectivity index (χ2n) is 7.73. The maximum atomic E-state index is 13.0. The number of hydrogen-bond acceptors (Lipinski definition) is 5. The second kappa shape index (κ2) is 10.0. The van der Waals surface area contributed by atoms with Gasteiger partial charge in [0, 0.05) is 0 Å². The van der Waals surface area contributed by atoms with E-state index in [1.54, 1.807) is 36.4 Å². The van der Waals surface area contributed by atoms with Crippen molar-refractivity contribution in [2.24, 2.45) is 0 Å². The van der Waals surface area contributed by atoms with Crippen LogP contribution in [0, 0.1) is 6.92 Å². The summed E-state index contributed by atoms with van der Waals surface area (Å²) in [5.41, 5.74) is 2.92. The first-order chi connectivity index (χ1) is 16.4. The van der Waals surface area contributed by atoms with Crippen molar-refractivity contribution in [3.8, 4) is 11.5 Å². The number of barbiturate groups is 1. The van der Waals surface area contributed by atoms with Gasteiger partial charge in [-0.3, -0.25) is 14.9 Å². The minimum Gasteiger partial charge on any atom is -0.494 e. The minimum atomic E-state index is -0.792. The number of hydrogen-bond donors (Lipinski definition) is 1. The van der Waals surface area contributed by atoms with Crippen molar-refractivity contribution in [2.45, 2.75) is 20.5 Å². The molecule has 0 spiro atoms. The van der Waals surface area contributed by atoms with E-state index >= 15 is 0 Å². The zero-order valence-corrected chi connectivity index (χ0v) is 18.9. The van der Waals surface area contributed by atoms with Crippen LogP contribution < -0.4 is 19.7 Å². The van der Waals surface area contributed by atoms with Crippen LogP contribution in [0.25, 0.3) is 6.08 Å². The monoisotopic (exact) mass is 456 g/mol. The molecule has 4 amide bonds. The number of nitrogens with zero attached hydrogens (tertiary/aromatic N) is 1. The molecule has 0 aliphatic carbocycles. The molecule has 34 heavy (non-hydrogen) atoms. The molecule has 3 aromatic carbocycles. The number of ether oxygens (including phenoxy) is 2. The molecule has 0 atom stereocenters. The van der Waals surface area contributed by atoms with E-state index in [4.69, 9.17) is 9.47 Å². The standard InChI is InChI=1S/C27H24N2O5/c1-3-33-22-13-11-21(12-14-22)29-26(31)24(25(30)28-27(29)32)16-19-7-9-20(10-8-19)17-34-23-6-4-5-18(2)15-23/h4-16H,3,17H2,1-2H3,(H,28,30,32)/b24-16+. The third-order valence-electron chi connectivity index (χ3n) is 5.19. The Bertz CT molecular complexity index is 1250. The fourth-order valence-electron chi connectivity index (χ4n) is 3.50. The summed E-state index contributed by atoms with van der Waals surface area (Å²) in [5.74, 6) is -0.0158. The average molecular weight is 456 g/mol. The Kier molecular flexibility index (Phi) is 6.73. The second-order valence-corrected chi connectivity index (χ2v) is 7.73. The summed E-state index contributed by atoms with van der Waals surface area (Å²) in [6.45, 7) is 4.75. The van der Waals surface area contributed by atoms with Gasteiger partial charge in [-0.15, -0.1) is 0 Å². The van der Waals surface area contributed by atoms with Crippen LogP contribution >= 0.6 is 0 Å². The Balaban J connectivity index is 1.50. The normalized spacial score (nSPS) is 14.8. The molecular formula is C27H24N2O5. The molecule has 0 radical (unpaired) electrons.